The van der Waals surface area contributed by atoms with Crippen LogP contribution in [0.3, 0.4) is 0 Å². The van der Waals surface area contributed by atoms with Crippen LogP contribution in [-0.2, 0) is 4.79 Å². The lowest BCUT2D eigenvalue weighted by molar-refractivity contribution is -0.133. The maximum Gasteiger partial charge on any atom is 0.315 e. The number of pyridine rings is 1. The molecule has 25 heavy (non-hydrogen) atoms. The second-order valence-electron chi connectivity index (χ2n) is 5.15. The van der Waals surface area contributed by atoms with Crippen molar-refractivity contribution < 1.29 is 23.1 Å². The zero-order chi connectivity index (χ0) is 18.4. The molecule has 0 fully saturated rings. The number of carbonyl (C=O) groups excluding carboxylic acids is 1. The third-order valence-corrected chi connectivity index (χ3v) is 3.52. The number of aromatic nitrogens is 1. The number of halogens is 3. The Hall–Kier alpha value is -2.92. The molecule has 5 nitrogen and oxygen atoms in total. The van der Waals surface area contributed by atoms with Gasteiger partial charge in [-0.15, -0.1) is 4.98 Å². The highest BCUT2D eigenvalue weighted by atomic mass is 19.3. The number of rotatable bonds is 6. The average molecular weight is 349 g/mol. The molecule has 0 saturated heterocycles. The topological polar surface area (TPSA) is 66.6 Å². The van der Waals surface area contributed by atoms with E-state index in [2.05, 4.69) is 9.83 Å². The van der Waals surface area contributed by atoms with E-state index in [0.29, 0.717) is 0 Å². The van der Waals surface area contributed by atoms with E-state index < -0.39 is 31.2 Å². The monoisotopic (exact) mass is 349 g/mol. The van der Waals surface area contributed by atoms with Gasteiger partial charge in [0.25, 0.3) is 11.7 Å². The van der Waals surface area contributed by atoms with Gasteiger partial charge < -0.3 is 15.3 Å². The molecule has 0 spiro atoms. The highest BCUT2D eigenvalue weighted by Gasteiger charge is 2.26. The molecule has 1 amide bonds. The van der Waals surface area contributed by atoms with Gasteiger partial charge in [-0.1, -0.05) is 36.9 Å². The number of nitrogens with zero attached hydrogens (tertiary/aromatic N) is 2. The molecule has 2 rings (SSSR count). The standard InChI is InChI=1S/C17H14F3N3O2/c1-21-14-7-6-12(9-22-14)10-2-4-11(5-3-10)15(24)13(8-18)23-17(25)16(19)20/h2-7,9,13,15-16,24H,8H2,(H,23,25)/t13-,15-/m1/s1. The Balaban J connectivity index is 2.14. The highest BCUT2D eigenvalue weighted by Crippen LogP contribution is 2.24. The Morgan fingerprint density at radius 1 is 1.20 bits per heavy atom. The average Bonchev–Trinajstić information content (AvgIpc) is 2.65. The van der Waals surface area contributed by atoms with Crippen LogP contribution in [0, 0.1) is 6.57 Å². The largest absolute Gasteiger partial charge is 0.386 e. The fourth-order valence-electron chi connectivity index (χ4n) is 2.18. The molecule has 1 aromatic heterocycles. The first-order valence-electron chi connectivity index (χ1n) is 7.22. The predicted octanol–water partition coefficient (Wildman–Crippen LogP) is 3.05. The minimum Gasteiger partial charge on any atom is -0.386 e. The molecule has 1 heterocycles. The smallest absolute Gasteiger partial charge is 0.315 e. The van der Waals surface area contributed by atoms with Crippen molar-refractivity contribution in [2.45, 2.75) is 18.6 Å². The van der Waals surface area contributed by atoms with Gasteiger partial charge in [0, 0.05) is 5.56 Å². The molecule has 0 aliphatic carbocycles. The number of aliphatic hydroxyl groups is 1. The van der Waals surface area contributed by atoms with Crippen LogP contribution in [0.2, 0.25) is 0 Å². The summed E-state index contributed by atoms with van der Waals surface area (Å²) in [5.74, 6) is -1.37. The van der Waals surface area contributed by atoms with Crippen molar-refractivity contribution in [2.75, 3.05) is 6.67 Å². The van der Waals surface area contributed by atoms with Crippen molar-refractivity contribution in [3.63, 3.8) is 0 Å². The quantitative estimate of drug-likeness (QED) is 0.788. The second-order valence-corrected chi connectivity index (χ2v) is 5.15. The third-order valence-electron chi connectivity index (χ3n) is 3.52. The molecule has 0 aliphatic rings. The summed E-state index contributed by atoms with van der Waals surface area (Å²) in [4.78, 5) is 18.1. The van der Waals surface area contributed by atoms with Crippen LogP contribution in [-0.4, -0.2) is 35.1 Å². The van der Waals surface area contributed by atoms with Crippen molar-refractivity contribution in [2.24, 2.45) is 0 Å². The Labute approximate surface area is 142 Å². The number of carbonyl (C=O) groups is 1. The SMILES string of the molecule is [C-]#[N+]c1ccc(-c2ccc([C@@H](O)[C@@H](CF)NC(=O)C(F)F)cc2)cn1. The number of amides is 1. The molecular formula is C17H14F3N3O2. The minimum atomic E-state index is -3.28. The Bertz CT molecular complexity index is 758. The molecule has 8 heteroatoms. The Kier molecular flexibility index (Phi) is 6.08. The van der Waals surface area contributed by atoms with Gasteiger partial charge in [-0.3, -0.25) is 4.79 Å². The van der Waals surface area contributed by atoms with Crippen LogP contribution < -0.4 is 5.32 Å². The molecule has 0 saturated carbocycles. The number of benzene rings is 1. The molecule has 2 atom stereocenters. The van der Waals surface area contributed by atoms with Gasteiger partial charge in [-0.25, -0.2) is 4.39 Å². The number of hydrogen-bond donors (Lipinski definition) is 2. The lowest BCUT2D eigenvalue weighted by Gasteiger charge is -2.21. The summed E-state index contributed by atoms with van der Waals surface area (Å²) < 4.78 is 37.5. The van der Waals surface area contributed by atoms with Crippen molar-refractivity contribution in [3.8, 4) is 11.1 Å². The number of hydrogen-bond acceptors (Lipinski definition) is 3. The Morgan fingerprint density at radius 2 is 1.84 bits per heavy atom. The fourth-order valence-corrected chi connectivity index (χ4v) is 2.18. The number of aliphatic hydroxyl groups excluding tert-OH is 1. The van der Waals surface area contributed by atoms with E-state index in [4.69, 9.17) is 6.57 Å². The van der Waals surface area contributed by atoms with E-state index in [1.165, 1.54) is 18.3 Å². The zero-order valence-electron chi connectivity index (χ0n) is 12.9. The summed E-state index contributed by atoms with van der Waals surface area (Å²) in [6.07, 6.45) is -3.23. The minimum absolute atomic E-state index is 0.261. The van der Waals surface area contributed by atoms with Gasteiger partial charge in [-0.05, 0) is 17.2 Å². The van der Waals surface area contributed by atoms with Crippen molar-refractivity contribution in [1.29, 1.82) is 0 Å². The van der Waals surface area contributed by atoms with E-state index in [0.717, 1.165) is 11.1 Å². The van der Waals surface area contributed by atoms with E-state index in [-0.39, 0.29) is 11.4 Å². The van der Waals surface area contributed by atoms with Crippen molar-refractivity contribution in [3.05, 3.63) is 59.6 Å². The summed E-state index contributed by atoms with van der Waals surface area (Å²) in [7, 11) is 0. The van der Waals surface area contributed by atoms with Crippen LogP contribution in [0.4, 0.5) is 19.0 Å². The van der Waals surface area contributed by atoms with Gasteiger partial charge >= 0.3 is 6.43 Å². The summed E-state index contributed by atoms with van der Waals surface area (Å²) in [5.41, 5.74) is 1.75. The van der Waals surface area contributed by atoms with Gasteiger partial charge in [-0.2, -0.15) is 8.78 Å². The van der Waals surface area contributed by atoms with Gasteiger partial charge in [0.2, 0.25) is 0 Å². The second kappa shape index (κ2) is 8.26. The van der Waals surface area contributed by atoms with E-state index >= 15 is 0 Å². The van der Waals surface area contributed by atoms with E-state index in [9.17, 15) is 23.1 Å². The summed E-state index contributed by atoms with van der Waals surface area (Å²) in [6, 6.07) is 8.07. The molecule has 0 radical (unpaired) electrons. The maximum absolute atomic E-state index is 13.0. The van der Waals surface area contributed by atoms with Crippen LogP contribution >= 0.6 is 0 Å². The summed E-state index contributed by atoms with van der Waals surface area (Å²) >= 11 is 0. The van der Waals surface area contributed by atoms with Gasteiger partial charge in [0.15, 0.2) is 0 Å². The normalized spacial score (nSPS) is 13.1. The molecule has 0 unspecified atom stereocenters. The van der Waals surface area contributed by atoms with E-state index in [1.807, 2.05) is 0 Å². The van der Waals surface area contributed by atoms with Crippen LogP contribution in [0.1, 0.15) is 11.7 Å². The summed E-state index contributed by atoms with van der Waals surface area (Å²) in [5, 5.41) is 11.9. The first-order chi connectivity index (χ1) is 12.0. The van der Waals surface area contributed by atoms with Crippen molar-refractivity contribution in [1.82, 2.24) is 10.3 Å². The molecule has 0 aliphatic heterocycles. The molecule has 130 valence electrons. The number of alkyl halides is 3. The molecule has 2 aromatic rings. The summed E-state index contributed by atoms with van der Waals surface area (Å²) in [6.45, 7) is 5.66. The molecule has 2 N–H and O–H groups in total. The maximum atomic E-state index is 13.0. The van der Waals surface area contributed by atoms with Gasteiger partial charge in [0.1, 0.15) is 19.0 Å². The number of nitrogens with one attached hydrogen (secondary N) is 1. The zero-order valence-corrected chi connectivity index (χ0v) is 12.9. The first-order valence-corrected chi connectivity index (χ1v) is 7.22. The fraction of sp³-hybridized carbons (Fsp3) is 0.235. The van der Waals surface area contributed by atoms with Crippen LogP contribution in [0.15, 0.2) is 42.6 Å². The lowest BCUT2D eigenvalue weighted by Crippen LogP contribution is -2.43. The Morgan fingerprint density at radius 3 is 2.32 bits per heavy atom. The van der Waals surface area contributed by atoms with Crippen LogP contribution in [0.5, 0.6) is 0 Å². The first kappa shape index (κ1) is 18.4. The predicted molar refractivity (Wildman–Crippen MR) is 84.8 cm³/mol. The molecule has 1 aromatic carbocycles. The molecule has 0 bridgehead atoms. The van der Waals surface area contributed by atoms with Crippen LogP contribution in [0.25, 0.3) is 16.0 Å². The van der Waals surface area contributed by atoms with E-state index in [1.54, 1.807) is 29.6 Å². The molecular weight excluding hydrogens is 335 g/mol. The highest BCUT2D eigenvalue weighted by molar-refractivity contribution is 5.79. The lowest BCUT2D eigenvalue weighted by atomic mass is 9.99. The van der Waals surface area contributed by atoms with Gasteiger partial charge in [0.05, 0.1) is 6.04 Å². The third kappa shape index (κ3) is 4.55. The van der Waals surface area contributed by atoms with Crippen molar-refractivity contribution >= 4 is 11.7 Å².